The quantitative estimate of drug-likeness (QED) is 0.514. The van der Waals surface area contributed by atoms with Crippen molar-refractivity contribution >= 4 is 23.2 Å². The van der Waals surface area contributed by atoms with Gasteiger partial charge in [-0.2, -0.15) is 0 Å². The second kappa shape index (κ2) is 7.45. The summed E-state index contributed by atoms with van der Waals surface area (Å²) in [6.45, 7) is 2.25. The van der Waals surface area contributed by atoms with E-state index in [1.807, 2.05) is 0 Å². The minimum atomic E-state index is -0.208. The average molecular weight is 259 g/mol. The first-order chi connectivity index (χ1) is 8.13. The fourth-order valence-corrected chi connectivity index (χ4v) is 1.99. The molecule has 1 rings (SSSR count). The molecule has 1 amide bonds. The van der Waals surface area contributed by atoms with Crippen molar-refractivity contribution in [1.29, 1.82) is 0 Å². The van der Waals surface area contributed by atoms with Crippen LogP contribution in [-0.4, -0.2) is 30.8 Å². The second-order valence-corrected chi connectivity index (χ2v) is 4.77. The minimum absolute atomic E-state index is 0.0777. The van der Waals surface area contributed by atoms with Crippen molar-refractivity contribution in [3.05, 3.63) is 0 Å². The third-order valence-electron chi connectivity index (χ3n) is 3.00. The highest BCUT2D eigenvalue weighted by molar-refractivity contribution is 7.80. The molecule has 3 N–H and O–H groups in total. The van der Waals surface area contributed by atoms with E-state index in [0.717, 1.165) is 6.42 Å². The first-order valence-electron chi connectivity index (χ1n) is 6.01. The third-order valence-corrected chi connectivity index (χ3v) is 3.31. The topological polar surface area (TPSA) is 62.4 Å². The number of ether oxygens (including phenoxy) is 1. The number of amides is 1. The number of carbonyl (C=O) groups is 1. The maximum atomic E-state index is 11.4. The Morgan fingerprint density at radius 3 is 2.71 bits per heavy atom. The second-order valence-electron chi connectivity index (χ2n) is 4.36. The maximum Gasteiger partial charge on any atom is 0.264 e. The summed E-state index contributed by atoms with van der Waals surface area (Å²) in [4.78, 5) is 11.4. The minimum Gasteiger partial charge on any atom is -0.368 e. The number of hydrogen-bond acceptors (Lipinski definition) is 3. The molecule has 1 saturated carbocycles. The highest BCUT2D eigenvalue weighted by atomic mass is 32.1. The van der Waals surface area contributed by atoms with Crippen LogP contribution in [0.1, 0.15) is 32.6 Å². The van der Waals surface area contributed by atoms with Gasteiger partial charge in [0, 0.05) is 7.05 Å². The van der Waals surface area contributed by atoms with Gasteiger partial charge in [0.15, 0.2) is 5.11 Å². The fourth-order valence-electron chi connectivity index (χ4n) is 1.94. The van der Waals surface area contributed by atoms with E-state index in [2.05, 4.69) is 23.1 Å². The van der Waals surface area contributed by atoms with Gasteiger partial charge in [0.1, 0.15) is 6.61 Å². The first-order valence-corrected chi connectivity index (χ1v) is 6.42. The van der Waals surface area contributed by atoms with Gasteiger partial charge in [-0.1, -0.05) is 19.8 Å². The zero-order valence-electron chi connectivity index (χ0n) is 10.4. The highest BCUT2D eigenvalue weighted by Gasteiger charge is 2.22. The summed E-state index contributed by atoms with van der Waals surface area (Å²) in [5.41, 5.74) is 5.04. The zero-order valence-corrected chi connectivity index (χ0v) is 11.2. The molecule has 0 heterocycles. The number of thiocarbonyl (C=S) groups is 1. The molecule has 1 fully saturated rings. The number of rotatable bonds is 3. The van der Waals surface area contributed by atoms with E-state index in [4.69, 9.17) is 17.0 Å². The summed E-state index contributed by atoms with van der Waals surface area (Å²) < 4.78 is 5.61. The predicted molar refractivity (Wildman–Crippen MR) is 70.3 cm³/mol. The summed E-state index contributed by atoms with van der Waals surface area (Å²) in [5, 5.41) is 3.08. The van der Waals surface area contributed by atoms with Crippen LogP contribution in [0.15, 0.2) is 0 Å². The van der Waals surface area contributed by atoms with Gasteiger partial charge in [-0.15, -0.1) is 0 Å². The molecule has 0 aliphatic heterocycles. The predicted octanol–water partition coefficient (Wildman–Crippen LogP) is 0.707. The summed E-state index contributed by atoms with van der Waals surface area (Å²) in [6.07, 6.45) is 4.92. The molecule has 0 bridgehead atoms. The van der Waals surface area contributed by atoms with Crippen LogP contribution in [0.2, 0.25) is 0 Å². The van der Waals surface area contributed by atoms with Crippen LogP contribution in [0.3, 0.4) is 0 Å². The first kappa shape index (κ1) is 14.2. The van der Waals surface area contributed by atoms with Crippen LogP contribution >= 0.6 is 12.2 Å². The van der Waals surface area contributed by atoms with Gasteiger partial charge in [-0.3, -0.25) is 15.6 Å². The van der Waals surface area contributed by atoms with Crippen molar-refractivity contribution in [1.82, 2.24) is 16.2 Å². The maximum absolute atomic E-state index is 11.4. The van der Waals surface area contributed by atoms with E-state index < -0.39 is 0 Å². The Morgan fingerprint density at radius 1 is 1.35 bits per heavy atom. The molecule has 5 nitrogen and oxygen atoms in total. The van der Waals surface area contributed by atoms with E-state index in [-0.39, 0.29) is 18.6 Å². The Balaban J connectivity index is 2.16. The lowest BCUT2D eigenvalue weighted by molar-refractivity contribution is -0.130. The van der Waals surface area contributed by atoms with Crippen molar-refractivity contribution in [3.63, 3.8) is 0 Å². The lowest BCUT2D eigenvalue weighted by Gasteiger charge is -2.28. The molecule has 0 saturated heterocycles. The molecule has 98 valence electrons. The standard InChI is InChI=1S/C11H21N3O2S/c1-8-5-3-4-6-9(8)16-7-10(15)13-14-11(17)12-2/h8-9H,3-7H2,1-2H3,(H,13,15)(H2,12,14,17). The number of hydrogen-bond donors (Lipinski definition) is 3. The molecule has 6 heteroatoms. The number of carbonyl (C=O) groups excluding carboxylic acids is 1. The Hall–Kier alpha value is -0.880. The van der Waals surface area contributed by atoms with Crippen LogP contribution < -0.4 is 16.2 Å². The van der Waals surface area contributed by atoms with Gasteiger partial charge in [-0.05, 0) is 31.0 Å². The summed E-state index contributed by atoms with van der Waals surface area (Å²) >= 11 is 4.82. The Morgan fingerprint density at radius 2 is 2.06 bits per heavy atom. The zero-order chi connectivity index (χ0) is 12.7. The SMILES string of the molecule is CNC(=S)NNC(=O)COC1CCCCC1C. The average Bonchev–Trinajstić information content (AvgIpc) is 2.35. The van der Waals surface area contributed by atoms with Gasteiger partial charge in [0.2, 0.25) is 0 Å². The largest absolute Gasteiger partial charge is 0.368 e. The van der Waals surface area contributed by atoms with E-state index in [1.165, 1.54) is 19.3 Å². The Bertz CT molecular complexity index is 273. The highest BCUT2D eigenvalue weighted by Crippen LogP contribution is 2.25. The molecule has 2 atom stereocenters. The van der Waals surface area contributed by atoms with E-state index in [1.54, 1.807) is 7.05 Å². The molecule has 1 aliphatic carbocycles. The van der Waals surface area contributed by atoms with E-state index >= 15 is 0 Å². The van der Waals surface area contributed by atoms with Crippen molar-refractivity contribution < 1.29 is 9.53 Å². The summed E-state index contributed by atoms with van der Waals surface area (Å²) in [6, 6.07) is 0. The Kier molecular flexibility index (Phi) is 6.21. The normalized spacial score (nSPS) is 23.9. The molecule has 2 unspecified atom stereocenters. The lowest BCUT2D eigenvalue weighted by Crippen LogP contribution is -2.47. The van der Waals surface area contributed by atoms with Gasteiger partial charge in [0.25, 0.3) is 5.91 Å². The van der Waals surface area contributed by atoms with Crippen molar-refractivity contribution in [2.75, 3.05) is 13.7 Å². The van der Waals surface area contributed by atoms with E-state index in [0.29, 0.717) is 11.0 Å². The molecule has 0 aromatic heterocycles. The van der Waals surface area contributed by atoms with Crippen LogP contribution in [0.5, 0.6) is 0 Å². The van der Waals surface area contributed by atoms with Gasteiger partial charge in [0.05, 0.1) is 6.10 Å². The molecular formula is C11H21N3O2S. The Labute approximate surface area is 108 Å². The third kappa shape index (κ3) is 5.32. The van der Waals surface area contributed by atoms with E-state index in [9.17, 15) is 4.79 Å². The summed E-state index contributed by atoms with van der Waals surface area (Å²) in [5.74, 6) is 0.336. The van der Waals surface area contributed by atoms with Crippen LogP contribution in [0.4, 0.5) is 0 Å². The lowest BCUT2D eigenvalue weighted by atomic mass is 9.88. The van der Waals surface area contributed by atoms with Crippen molar-refractivity contribution in [2.45, 2.75) is 38.7 Å². The van der Waals surface area contributed by atoms with Gasteiger partial charge < -0.3 is 10.1 Å². The van der Waals surface area contributed by atoms with Crippen molar-refractivity contribution in [2.24, 2.45) is 5.92 Å². The number of hydrazine groups is 1. The molecule has 17 heavy (non-hydrogen) atoms. The molecule has 0 radical (unpaired) electrons. The molecular weight excluding hydrogens is 238 g/mol. The number of nitrogens with one attached hydrogen (secondary N) is 3. The fraction of sp³-hybridized carbons (Fsp3) is 0.818. The van der Waals surface area contributed by atoms with Gasteiger partial charge >= 0.3 is 0 Å². The molecule has 0 aromatic carbocycles. The molecule has 1 aliphatic rings. The van der Waals surface area contributed by atoms with Crippen molar-refractivity contribution in [3.8, 4) is 0 Å². The smallest absolute Gasteiger partial charge is 0.264 e. The van der Waals surface area contributed by atoms with Gasteiger partial charge in [-0.25, -0.2) is 0 Å². The van der Waals surface area contributed by atoms with Crippen LogP contribution in [0.25, 0.3) is 0 Å². The van der Waals surface area contributed by atoms with Crippen LogP contribution in [0, 0.1) is 5.92 Å². The summed E-state index contributed by atoms with van der Waals surface area (Å²) in [7, 11) is 1.68. The van der Waals surface area contributed by atoms with Crippen LogP contribution in [-0.2, 0) is 9.53 Å². The monoisotopic (exact) mass is 259 g/mol. The molecule has 0 spiro atoms. The molecule has 0 aromatic rings.